The zero-order chi connectivity index (χ0) is 10.9. The Morgan fingerprint density at radius 1 is 1.14 bits per heavy atom. The Morgan fingerprint density at radius 3 is 2.21 bits per heavy atom. The standard InChI is InChI=1S/C6HF6NO/c7-3-1-2(14-6(10,11)12)4(8)5(9)13-3/h1H. The van der Waals surface area contributed by atoms with Crippen LogP contribution in [0, 0.1) is 17.7 Å². The first-order chi connectivity index (χ1) is 6.29. The fraction of sp³-hybridized carbons (Fsp3) is 0.167. The average molecular weight is 217 g/mol. The summed E-state index contributed by atoms with van der Waals surface area (Å²) in [5.41, 5.74) is 0. The van der Waals surface area contributed by atoms with Gasteiger partial charge in [0.25, 0.3) is 5.95 Å². The Morgan fingerprint density at radius 2 is 1.71 bits per heavy atom. The smallest absolute Gasteiger partial charge is 0.402 e. The lowest BCUT2D eigenvalue weighted by molar-refractivity contribution is -0.275. The van der Waals surface area contributed by atoms with Crippen LogP contribution in [0.4, 0.5) is 26.3 Å². The summed E-state index contributed by atoms with van der Waals surface area (Å²) in [5, 5.41) is 0. The average Bonchev–Trinajstić information content (AvgIpc) is 1.96. The molecular weight excluding hydrogens is 216 g/mol. The quantitative estimate of drug-likeness (QED) is 0.532. The summed E-state index contributed by atoms with van der Waals surface area (Å²) >= 11 is 0. The molecule has 0 aliphatic carbocycles. The van der Waals surface area contributed by atoms with E-state index in [-0.39, 0.29) is 6.07 Å². The molecule has 1 rings (SSSR count). The number of halogens is 6. The highest BCUT2D eigenvalue weighted by Crippen LogP contribution is 2.26. The molecule has 0 saturated heterocycles. The molecule has 0 aromatic carbocycles. The predicted octanol–water partition coefficient (Wildman–Crippen LogP) is 2.40. The third-order valence-electron chi connectivity index (χ3n) is 1.08. The first-order valence-electron chi connectivity index (χ1n) is 3.07. The molecule has 0 radical (unpaired) electrons. The van der Waals surface area contributed by atoms with Crippen molar-refractivity contribution in [1.29, 1.82) is 0 Å². The maximum absolute atomic E-state index is 12.5. The molecule has 0 atom stereocenters. The Bertz CT molecular complexity index is 349. The summed E-state index contributed by atoms with van der Waals surface area (Å²) in [4.78, 5) is 2.31. The molecule has 0 saturated carbocycles. The van der Waals surface area contributed by atoms with Crippen molar-refractivity contribution in [2.75, 3.05) is 0 Å². The van der Waals surface area contributed by atoms with Gasteiger partial charge < -0.3 is 4.74 Å². The van der Waals surface area contributed by atoms with Crippen LogP contribution in [-0.2, 0) is 0 Å². The first-order valence-corrected chi connectivity index (χ1v) is 3.07. The maximum atomic E-state index is 12.5. The van der Waals surface area contributed by atoms with Gasteiger partial charge in [0, 0.05) is 6.07 Å². The minimum Gasteiger partial charge on any atom is -0.402 e. The Kier molecular flexibility index (Phi) is 2.54. The highest BCUT2D eigenvalue weighted by Gasteiger charge is 2.33. The molecule has 0 fully saturated rings. The second-order valence-electron chi connectivity index (χ2n) is 2.10. The number of aromatic nitrogens is 1. The van der Waals surface area contributed by atoms with E-state index in [2.05, 4.69) is 9.72 Å². The highest BCUT2D eigenvalue weighted by atomic mass is 19.4. The van der Waals surface area contributed by atoms with Crippen molar-refractivity contribution in [3.05, 3.63) is 23.8 Å². The van der Waals surface area contributed by atoms with Gasteiger partial charge in [-0.3, -0.25) is 0 Å². The Balaban J connectivity index is 3.09. The van der Waals surface area contributed by atoms with Gasteiger partial charge >= 0.3 is 6.36 Å². The van der Waals surface area contributed by atoms with Gasteiger partial charge in [-0.15, -0.1) is 13.2 Å². The van der Waals surface area contributed by atoms with E-state index >= 15 is 0 Å². The molecular formula is C6HF6NO. The Hall–Kier alpha value is -1.47. The number of nitrogens with zero attached hydrogens (tertiary/aromatic N) is 1. The third-order valence-corrected chi connectivity index (χ3v) is 1.08. The van der Waals surface area contributed by atoms with E-state index in [0.717, 1.165) is 0 Å². The molecule has 0 N–H and O–H groups in total. The molecule has 0 spiro atoms. The highest BCUT2D eigenvalue weighted by molar-refractivity contribution is 5.21. The van der Waals surface area contributed by atoms with Crippen molar-refractivity contribution >= 4 is 0 Å². The number of pyridine rings is 1. The number of rotatable bonds is 1. The van der Waals surface area contributed by atoms with Crippen molar-refractivity contribution < 1.29 is 31.1 Å². The lowest BCUT2D eigenvalue weighted by Crippen LogP contribution is -2.18. The molecule has 1 aromatic rings. The Labute approximate surface area is 73.1 Å². The van der Waals surface area contributed by atoms with Gasteiger partial charge in [0.05, 0.1) is 0 Å². The lowest BCUT2D eigenvalue weighted by Gasteiger charge is -2.09. The van der Waals surface area contributed by atoms with Crippen molar-refractivity contribution in [3.8, 4) is 5.75 Å². The van der Waals surface area contributed by atoms with Crippen molar-refractivity contribution in [3.63, 3.8) is 0 Å². The van der Waals surface area contributed by atoms with Crippen LogP contribution in [0.15, 0.2) is 6.07 Å². The number of alkyl halides is 3. The second-order valence-corrected chi connectivity index (χ2v) is 2.10. The topological polar surface area (TPSA) is 22.1 Å². The number of hydrogen-bond acceptors (Lipinski definition) is 2. The molecule has 2 nitrogen and oxygen atoms in total. The van der Waals surface area contributed by atoms with Gasteiger partial charge in [0.2, 0.25) is 11.8 Å². The zero-order valence-corrected chi connectivity index (χ0v) is 6.20. The normalized spacial score (nSPS) is 11.6. The largest absolute Gasteiger partial charge is 0.573 e. The summed E-state index contributed by atoms with van der Waals surface area (Å²) in [6.07, 6.45) is -5.22. The summed E-state index contributed by atoms with van der Waals surface area (Å²) in [7, 11) is 0. The molecule has 8 heteroatoms. The van der Waals surface area contributed by atoms with Crippen molar-refractivity contribution in [2.24, 2.45) is 0 Å². The fourth-order valence-corrected chi connectivity index (χ4v) is 0.647. The minimum absolute atomic E-state index is 0.00803. The molecule has 0 unspecified atom stereocenters. The molecule has 14 heavy (non-hydrogen) atoms. The van der Waals surface area contributed by atoms with Gasteiger partial charge in [-0.25, -0.2) is 0 Å². The summed E-state index contributed by atoms with van der Waals surface area (Å²) in [5.74, 6) is -7.20. The molecule has 0 aliphatic heterocycles. The van der Waals surface area contributed by atoms with E-state index < -0.39 is 29.8 Å². The van der Waals surface area contributed by atoms with E-state index in [4.69, 9.17) is 0 Å². The van der Waals surface area contributed by atoms with E-state index in [0.29, 0.717) is 0 Å². The van der Waals surface area contributed by atoms with Gasteiger partial charge in [0.15, 0.2) is 5.75 Å². The molecule has 0 amide bonds. The summed E-state index contributed by atoms with van der Waals surface area (Å²) in [6.45, 7) is 0. The second kappa shape index (κ2) is 3.35. The van der Waals surface area contributed by atoms with Gasteiger partial charge in [-0.05, 0) is 0 Å². The maximum Gasteiger partial charge on any atom is 0.573 e. The van der Waals surface area contributed by atoms with Crippen LogP contribution in [0.2, 0.25) is 0 Å². The fourth-order valence-electron chi connectivity index (χ4n) is 0.647. The summed E-state index contributed by atoms with van der Waals surface area (Å²) < 4.78 is 74.5. The van der Waals surface area contributed by atoms with E-state index in [1.54, 1.807) is 0 Å². The van der Waals surface area contributed by atoms with Crippen LogP contribution in [0.1, 0.15) is 0 Å². The van der Waals surface area contributed by atoms with E-state index in [1.165, 1.54) is 0 Å². The van der Waals surface area contributed by atoms with Crippen LogP contribution in [0.25, 0.3) is 0 Å². The molecule has 1 aromatic heterocycles. The zero-order valence-electron chi connectivity index (χ0n) is 6.20. The van der Waals surface area contributed by atoms with Crippen LogP contribution >= 0.6 is 0 Å². The van der Waals surface area contributed by atoms with Crippen LogP contribution in [-0.4, -0.2) is 11.3 Å². The van der Waals surface area contributed by atoms with Crippen LogP contribution < -0.4 is 4.74 Å². The van der Waals surface area contributed by atoms with Gasteiger partial charge in [0.1, 0.15) is 0 Å². The van der Waals surface area contributed by atoms with Crippen LogP contribution in [0.5, 0.6) is 5.75 Å². The van der Waals surface area contributed by atoms with Crippen LogP contribution in [0.3, 0.4) is 0 Å². The molecule has 78 valence electrons. The van der Waals surface area contributed by atoms with Crippen molar-refractivity contribution in [2.45, 2.75) is 6.36 Å². The first kappa shape index (κ1) is 10.6. The monoisotopic (exact) mass is 217 g/mol. The number of hydrogen-bond donors (Lipinski definition) is 0. The summed E-state index contributed by atoms with van der Waals surface area (Å²) in [6, 6.07) is -0.00803. The van der Waals surface area contributed by atoms with Gasteiger partial charge in [-0.2, -0.15) is 18.2 Å². The lowest BCUT2D eigenvalue weighted by atomic mass is 10.4. The van der Waals surface area contributed by atoms with E-state index in [9.17, 15) is 26.3 Å². The predicted molar refractivity (Wildman–Crippen MR) is 30.8 cm³/mol. The number of ether oxygens (including phenoxy) is 1. The molecule has 0 bridgehead atoms. The SMILES string of the molecule is Fc1cc(OC(F)(F)F)c(F)c(F)n1. The third kappa shape index (κ3) is 2.51. The van der Waals surface area contributed by atoms with Gasteiger partial charge in [-0.1, -0.05) is 0 Å². The molecule has 0 aliphatic rings. The molecule has 1 heterocycles. The van der Waals surface area contributed by atoms with E-state index in [1.807, 2.05) is 0 Å². The van der Waals surface area contributed by atoms with Crippen molar-refractivity contribution in [1.82, 2.24) is 4.98 Å². The minimum atomic E-state index is -5.22.